The first-order chi connectivity index (χ1) is 5.18. The van der Waals surface area contributed by atoms with Crippen molar-refractivity contribution in [3.63, 3.8) is 0 Å². The van der Waals surface area contributed by atoms with Gasteiger partial charge in [0.1, 0.15) is 12.1 Å². The summed E-state index contributed by atoms with van der Waals surface area (Å²) < 4.78 is 0. The van der Waals surface area contributed by atoms with E-state index in [1.807, 2.05) is 0 Å². The lowest BCUT2D eigenvalue weighted by molar-refractivity contribution is -0.871. The molecule has 0 spiro atoms. The van der Waals surface area contributed by atoms with Crippen molar-refractivity contribution in [3.8, 4) is 0 Å². The first-order valence-electron chi connectivity index (χ1n) is 3.86. The number of carbonyl (C=O) groups is 1. The third-order valence-corrected chi connectivity index (χ3v) is 1.21. The molecule has 0 aromatic carbocycles. The minimum atomic E-state index is -0.332. The van der Waals surface area contributed by atoms with Crippen LogP contribution in [0.5, 0.6) is 0 Å². The second-order valence-electron chi connectivity index (χ2n) is 2.49. The largest absolute Gasteiger partial charge is 0.665 e. The van der Waals surface area contributed by atoms with Gasteiger partial charge in [0, 0.05) is 6.42 Å². The van der Waals surface area contributed by atoms with Crippen LogP contribution in [0, 0.1) is 0 Å². The van der Waals surface area contributed by atoms with Crippen LogP contribution < -0.4 is 5.48 Å². The summed E-state index contributed by atoms with van der Waals surface area (Å²) in [6, 6.07) is 0. The van der Waals surface area contributed by atoms with Gasteiger partial charge in [0.15, 0.2) is 0 Å². The molecule has 2 N–H and O–H groups in total. The first kappa shape index (κ1) is 10.2. The number of quaternary nitrogens is 1. The Hall–Kier alpha value is -0.830. The molecule has 0 amide bonds. The zero-order valence-corrected chi connectivity index (χ0v) is 7.22. The van der Waals surface area contributed by atoms with E-state index in [-0.39, 0.29) is 5.97 Å². The summed E-state index contributed by atoms with van der Waals surface area (Å²) in [7, 11) is 0. The smallest absolute Gasteiger partial charge is 0.0843 e. The monoisotopic (exact) mass is 158 g/mol. The van der Waals surface area contributed by atoms with E-state index in [9.17, 15) is 4.79 Å². The second kappa shape index (κ2) is 5.92. The number of hydrogen-bond donors (Lipinski definition) is 1. The van der Waals surface area contributed by atoms with Gasteiger partial charge in [0.05, 0.1) is 4.79 Å². The van der Waals surface area contributed by atoms with Crippen LogP contribution in [0.4, 0.5) is 0 Å². The molecule has 0 saturated carbocycles. The Labute approximate surface area is 67.4 Å². The fourth-order valence-corrected chi connectivity index (χ4v) is 0.523. The van der Waals surface area contributed by atoms with Crippen LogP contribution in [0.25, 0.3) is 0 Å². The van der Waals surface area contributed by atoms with E-state index in [0.29, 0.717) is 5.57 Å². The van der Waals surface area contributed by atoms with E-state index in [0.717, 1.165) is 19.4 Å². The Balaban J connectivity index is 3.25. The lowest BCUT2D eigenvalue weighted by Gasteiger charge is -1.88. The Bertz CT molecular complexity index is 143. The molecule has 3 heteroatoms. The molecule has 0 atom stereocenters. The van der Waals surface area contributed by atoms with E-state index in [2.05, 4.69) is 13.5 Å². The van der Waals surface area contributed by atoms with Crippen LogP contribution in [0.3, 0.4) is 0 Å². The van der Waals surface area contributed by atoms with Gasteiger partial charge < -0.3 is 0 Å². The van der Waals surface area contributed by atoms with Gasteiger partial charge in [-0.25, -0.2) is 0 Å². The maximum absolute atomic E-state index is 10.8. The molecule has 0 fully saturated rings. The van der Waals surface area contributed by atoms with E-state index in [1.54, 1.807) is 12.4 Å². The van der Waals surface area contributed by atoms with E-state index in [4.69, 9.17) is 4.84 Å². The van der Waals surface area contributed by atoms with E-state index in [1.165, 1.54) is 0 Å². The zero-order chi connectivity index (χ0) is 8.69. The average molecular weight is 158 g/mol. The molecule has 11 heavy (non-hydrogen) atoms. The summed E-state index contributed by atoms with van der Waals surface area (Å²) >= 11 is 0. The van der Waals surface area contributed by atoms with Crippen molar-refractivity contribution in [2.45, 2.75) is 26.7 Å². The number of carbonyl (C=O) groups excluding carboxylic acids is 1. The van der Waals surface area contributed by atoms with E-state index < -0.39 is 0 Å². The minimum absolute atomic E-state index is 0.332. The number of nitrogens with two attached hydrogens (primary N) is 1. The third kappa shape index (κ3) is 5.61. The molecule has 0 aliphatic heterocycles. The fourth-order valence-electron chi connectivity index (χ4n) is 0.523. The molecule has 63 valence electrons. The molecule has 0 aromatic heterocycles. The molecule has 0 aliphatic carbocycles. The van der Waals surface area contributed by atoms with Crippen molar-refractivity contribution in [3.05, 3.63) is 12.2 Å². The number of hydrogen-bond acceptors (Lipinski definition) is 2. The van der Waals surface area contributed by atoms with Crippen molar-refractivity contribution in [2.24, 2.45) is 0 Å². The molecule has 1 radical (unpaired) electrons. The van der Waals surface area contributed by atoms with Crippen molar-refractivity contribution in [2.75, 3.05) is 6.54 Å². The molecule has 0 bridgehead atoms. The summed E-state index contributed by atoms with van der Waals surface area (Å²) in [4.78, 5) is 15.5. The molecule has 3 nitrogen and oxygen atoms in total. The van der Waals surface area contributed by atoms with Crippen LogP contribution in [0.15, 0.2) is 12.2 Å². The summed E-state index contributed by atoms with van der Waals surface area (Å²) in [5.74, 6) is -0.332. The highest BCUT2D eigenvalue weighted by Gasteiger charge is 2.21. The van der Waals surface area contributed by atoms with Crippen molar-refractivity contribution in [1.29, 1.82) is 0 Å². The van der Waals surface area contributed by atoms with Crippen LogP contribution in [0.1, 0.15) is 26.7 Å². The minimum Gasteiger partial charge on any atom is -0.0843 e. The highest BCUT2D eigenvalue weighted by Crippen LogP contribution is 1.86. The van der Waals surface area contributed by atoms with Gasteiger partial charge in [-0.3, -0.25) is 0 Å². The molecule has 0 unspecified atom stereocenters. The summed E-state index contributed by atoms with van der Waals surface area (Å²) in [5.41, 5.74) is 1.98. The first-order valence-corrected chi connectivity index (χ1v) is 3.86. The maximum Gasteiger partial charge on any atom is 0.665 e. The zero-order valence-electron chi connectivity index (χ0n) is 7.22. The molecular weight excluding hydrogens is 142 g/mol. The van der Waals surface area contributed by atoms with Crippen LogP contribution >= 0.6 is 0 Å². The Kier molecular flexibility index (Phi) is 5.47. The number of hydroxylamine groups is 1. The molecule has 0 heterocycles. The molecular formula is C8H16NO2+2. The molecule has 0 rings (SSSR count). The molecule has 0 saturated heterocycles. The summed E-state index contributed by atoms with van der Waals surface area (Å²) in [6.45, 7) is 8.01. The van der Waals surface area contributed by atoms with Gasteiger partial charge >= 0.3 is 5.97 Å². The third-order valence-electron chi connectivity index (χ3n) is 1.21. The normalized spacial score (nSPS) is 9.27. The predicted molar refractivity (Wildman–Crippen MR) is 42.6 cm³/mol. The van der Waals surface area contributed by atoms with Gasteiger partial charge in [-0.05, 0) is 6.92 Å². The van der Waals surface area contributed by atoms with Crippen molar-refractivity contribution in [1.82, 2.24) is 0 Å². The molecule has 0 aromatic rings. The predicted octanol–water partition coefficient (Wildman–Crippen LogP) is 0.384. The van der Waals surface area contributed by atoms with Gasteiger partial charge in [0.2, 0.25) is 0 Å². The highest BCUT2D eigenvalue weighted by atomic mass is 16.7. The summed E-state index contributed by atoms with van der Waals surface area (Å²) in [6.07, 6.45) is 2.17. The van der Waals surface area contributed by atoms with Crippen LogP contribution in [-0.4, -0.2) is 12.5 Å². The Morgan fingerprint density at radius 1 is 1.64 bits per heavy atom. The standard InChI is InChI=1S/C8H15NO2/c1-4-5-6-9-11-8(10)7(2)3/h9H,2,4-6H2,1,3H3/q+1/p+1. The average Bonchev–Trinajstić information content (AvgIpc) is 1.97. The quantitative estimate of drug-likeness (QED) is 0.272. The van der Waals surface area contributed by atoms with Crippen molar-refractivity contribution >= 4 is 5.97 Å². The number of rotatable bonds is 5. The maximum atomic E-state index is 10.8. The Morgan fingerprint density at radius 3 is 2.73 bits per heavy atom. The van der Waals surface area contributed by atoms with Gasteiger partial charge in [0.25, 0.3) is 0 Å². The van der Waals surface area contributed by atoms with Crippen LogP contribution in [-0.2, 0) is 9.63 Å². The summed E-state index contributed by atoms with van der Waals surface area (Å²) in [5, 5.41) is 0. The molecule has 0 aliphatic rings. The van der Waals surface area contributed by atoms with E-state index >= 15 is 0 Å². The lowest BCUT2D eigenvalue weighted by Crippen LogP contribution is -2.84. The number of unbranched alkanes of at least 4 members (excludes halogenated alkanes) is 1. The van der Waals surface area contributed by atoms with Gasteiger partial charge in [-0.15, -0.1) is 0 Å². The topological polar surface area (TPSA) is 45.7 Å². The SMILES string of the molecule is C=C(C)C(=[O+])O[NH2+]CCCC. The van der Waals surface area contributed by atoms with Gasteiger partial charge in [-0.2, -0.15) is 0 Å². The fraction of sp³-hybridized carbons (Fsp3) is 0.625. The van der Waals surface area contributed by atoms with Crippen LogP contribution in [0.2, 0.25) is 0 Å². The second-order valence-corrected chi connectivity index (χ2v) is 2.49. The Morgan fingerprint density at radius 2 is 2.27 bits per heavy atom. The van der Waals surface area contributed by atoms with Gasteiger partial charge in [-0.1, -0.05) is 30.2 Å². The highest BCUT2D eigenvalue weighted by molar-refractivity contribution is 5.86. The lowest BCUT2D eigenvalue weighted by atomic mass is 10.3. The van der Waals surface area contributed by atoms with Crippen molar-refractivity contribution < 1.29 is 15.1 Å².